The molecule has 1 aliphatic carbocycles. The van der Waals surface area contributed by atoms with Crippen molar-refractivity contribution in [3.05, 3.63) is 47.1 Å². The van der Waals surface area contributed by atoms with Crippen LogP contribution in [0.5, 0.6) is 0 Å². The normalized spacial score (nSPS) is 20.6. The van der Waals surface area contributed by atoms with Crippen molar-refractivity contribution in [1.29, 1.82) is 0 Å². The summed E-state index contributed by atoms with van der Waals surface area (Å²) in [5.74, 6) is 0.922. The van der Waals surface area contributed by atoms with E-state index in [1.807, 2.05) is 24.4 Å². The van der Waals surface area contributed by atoms with Crippen molar-refractivity contribution < 1.29 is 0 Å². The molecule has 4 nitrogen and oxygen atoms in total. The first-order chi connectivity index (χ1) is 10.8. The van der Waals surface area contributed by atoms with Gasteiger partial charge in [0.15, 0.2) is 5.13 Å². The maximum atomic E-state index is 4.62. The van der Waals surface area contributed by atoms with Gasteiger partial charge in [0.1, 0.15) is 5.82 Å². The van der Waals surface area contributed by atoms with E-state index < -0.39 is 0 Å². The third-order valence-corrected chi connectivity index (χ3v) is 5.47. The fourth-order valence-corrected chi connectivity index (χ4v) is 3.96. The van der Waals surface area contributed by atoms with Crippen molar-refractivity contribution in [2.24, 2.45) is 0 Å². The van der Waals surface area contributed by atoms with Gasteiger partial charge in [0.2, 0.25) is 0 Å². The quantitative estimate of drug-likeness (QED) is 0.705. The topological polar surface area (TPSA) is 49.8 Å². The summed E-state index contributed by atoms with van der Waals surface area (Å²) >= 11 is 5.24. The second-order valence-electron chi connectivity index (χ2n) is 5.47. The van der Waals surface area contributed by atoms with Crippen LogP contribution in [0.1, 0.15) is 12.8 Å². The zero-order chi connectivity index (χ0) is 14.9. The highest BCUT2D eigenvalue weighted by atomic mass is 79.9. The number of para-hydroxylation sites is 1. The third kappa shape index (κ3) is 2.80. The van der Waals surface area contributed by atoms with Crippen molar-refractivity contribution in [1.82, 2.24) is 9.97 Å². The van der Waals surface area contributed by atoms with Crippen LogP contribution in [-0.4, -0.2) is 22.1 Å². The van der Waals surface area contributed by atoms with Gasteiger partial charge in [-0.15, -0.1) is 0 Å². The molecule has 0 unspecified atom stereocenters. The molecule has 0 radical (unpaired) electrons. The van der Waals surface area contributed by atoms with E-state index in [1.54, 1.807) is 11.3 Å². The molecule has 1 aliphatic rings. The minimum Gasteiger partial charge on any atom is -0.366 e. The highest BCUT2D eigenvalue weighted by Crippen LogP contribution is 2.32. The molecule has 0 bridgehead atoms. The summed E-state index contributed by atoms with van der Waals surface area (Å²) in [7, 11) is 0. The number of anilines is 2. The molecule has 4 rings (SSSR count). The average molecular weight is 375 g/mol. The number of hydrogen-bond acceptors (Lipinski definition) is 5. The van der Waals surface area contributed by atoms with Crippen LogP contribution in [0, 0.1) is 0 Å². The molecule has 2 aromatic heterocycles. The fourth-order valence-electron chi connectivity index (χ4n) is 2.65. The Balaban J connectivity index is 1.35. The summed E-state index contributed by atoms with van der Waals surface area (Å²) in [6, 6.07) is 13.1. The summed E-state index contributed by atoms with van der Waals surface area (Å²) < 4.78 is 2.24. The van der Waals surface area contributed by atoms with Crippen LogP contribution in [0.3, 0.4) is 0 Å². The Hall–Kier alpha value is -1.66. The van der Waals surface area contributed by atoms with Crippen LogP contribution in [0.25, 0.3) is 10.2 Å². The zero-order valence-corrected chi connectivity index (χ0v) is 14.2. The molecule has 2 N–H and O–H groups in total. The molecule has 1 fully saturated rings. The molecule has 3 aromatic rings. The lowest BCUT2D eigenvalue weighted by Gasteiger charge is -2.36. The van der Waals surface area contributed by atoms with Gasteiger partial charge in [0.05, 0.1) is 14.7 Å². The summed E-state index contributed by atoms with van der Waals surface area (Å²) in [5.41, 5.74) is 1.07. The van der Waals surface area contributed by atoms with Crippen LogP contribution < -0.4 is 10.6 Å². The number of nitrogens with one attached hydrogen (secondary N) is 2. The molecule has 1 saturated carbocycles. The largest absolute Gasteiger partial charge is 0.366 e. The number of nitrogens with zero attached hydrogens (tertiary/aromatic N) is 2. The number of halogens is 1. The molecule has 0 atom stereocenters. The first-order valence-corrected chi connectivity index (χ1v) is 8.88. The predicted octanol–water partition coefficient (Wildman–Crippen LogP) is 4.51. The maximum Gasteiger partial charge on any atom is 0.184 e. The molecule has 0 aliphatic heterocycles. The lowest BCUT2D eigenvalue weighted by atomic mass is 9.87. The van der Waals surface area contributed by atoms with Gasteiger partial charge in [-0.1, -0.05) is 23.5 Å². The Morgan fingerprint density at radius 3 is 2.68 bits per heavy atom. The third-order valence-electron chi connectivity index (χ3n) is 3.86. The highest BCUT2D eigenvalue weighted by molar-refractivity contribution is 9.10. The number of hydrogen-bond donors (Lipinski definition) is 2. The number of rotatable bonds is 4. The molecule has 1 aromatic carbocycles. The lowest BCUT2D eigenvalue weighted by molar-refractivity contribution is 0.396. The highest BCUT2D eigenvalue weighted by Gasteiger charge is 2.30. The van der Waals surface area contributed by atoms with Gasteiger partial charge in [0, 0.05) is 18.3 Å². The van der Waals surface area contributed by atoms with Gasteiger partial charge in [-0.3, -0.25) is 0 Å². The van der Waals surface area contributed by atoms with Crippen molar-refractivity contribution in [3.8, 4) is 0 Å². The maximum absolute atomic E-state index is 4.62. The molecule has 22 heavy (non-hydrogen) atoms. The Morgan fingerprint density at radius 1 is 1.05 bits per heavy atom. The van der Waals surface area contributed by atoms with Crippen LogP contribution in [0.2, 0.25) is 0 Å². The predicted molar refractivity (Wildman–Crippen MR) is 95.6 cm³/mol. The standard InChI is InChI=1S/C16H15BrN4S/c17-12-4-3-7-18-15(12)19-10-8-11(9-10)20-16-21-13-5-1-2-6-14(13)22-16/h1-7,10-11H,8-9H2,(H,18,19)(H,20,21). The summed E-state index contributed by atoms with van der Waals surface area (Å²) in [6.45, 7) is 0. The van der Waals surface area contributed by atoms with Crippen molar-refractivity contribution in [2.75, 3.05) is 10.6 Å². The van der Waals surface area contributed by atoms with Crippen molar-refractivity contribution >= 4 is 48.4 Å². The Kier molecular flexibility index (Phi) is 3.72. The van der Waals surface area contributed by atoms with Gasteiger partial charge in [-0.2, -0.15) is 0 Å². The first kappa shape index (κ1) is 14.0. The minimum absolute atomic E-state index is 0.470. The fraction of sp³-hybridized carbons (Fsp3) is 0.250. The molecule has 6 heteroatoms. The van der Waals surface area contributed by atoms with E-state index in [2.05, 4.69) is 54.7 Å². The van der Waals surface area contributed by atoms with E-state index in [0.717, 1.165) is 33.8 Å². The zero-order valence-electron chi connectivity index (χ0n) is 11.8. The van der Waals surface area contributed by atoms with E-state index in [4.69, 9.17) is 0 Å². The summed E-state index contributed by atoms with van der Waals surface area (Å²) in [5, 5.41) is 8.02. The van der Waals surface area contributed by atoms with Gasteiger partial charge < -0.3 is 10.6 Å². The van der Waals surface area contributed by atoms with Crippen LogP contribution in [0.15, 0.2) is 47.1 Å². The van der Waals surface area contributed by atoms with Crippen molar-refractivity contribution in [3.63, 3.8) is 0 Å². The number of fused-ring (bicyclic) bond motifs is 1. The molecular formula is C16H15BrN4S. The monoisotopic (exact) mass is 374 g/mol. The molecular weight excluding hydrogens is 360 g/mol. The summed E-state index contributed by atoms with van der Waals surface area (Å²) in [4.78, 5) is 8.97. The summed E-state index contributed by atoms with van der Waals surface area (Å²) in [6.07, 6.45) is 3.97. The first-order valence-electron chi connectivity index (χ1n) is 7.27. The Bertz CT molecular complexity index is 764. The van der Waals surface area contributed by atoms with Gasteiger partial charge in [-0.25, -0.2) is 9.97 Å². The van der Waals surface area contributed by atoms with E-state index in [0.29, 0.717) is 12.1 Å². The Morgan fingerprint density at radius 2 is 1.86 bits per heavy atom. The second-order valence-corrected chi connectivity index (χ2v) is 7.36. The molecule has 0 amide bonds. The average Bonchev–Trinajstić information content (AvgIpc) is 2.89. The number of thiazole rings is 1. The molecule has 2 heterocycles. The van der Waals surface area contributed by atoms with Crippen LogP contribution in [0.4, 0.5) is 10.9 Å². The SMILES string of the molecule is Brc1cccnc1NC1CC(Nc2nc3ccccc3s2)C1. The van der Waals surface area contributed by atoms with Gasteiger partial charge >= 0.3 is 0 Å². The number of aromatic nitrogens is 2. The van der Waals surface area contributed by atoms with Crippen LogP contribution in [-0.2, 0) is 0 Å². The van der Waals surface area contributed by atoms with Crippen molar-refractivity contribution in [2.45, 2.75) is 24.9 Å². The van der Waals surface area contributed by atoms with E-state index in [9.17, 15) is 0 Å². The Labute approximate surface area is 141 Å². The number of pyridine rings is 1. The molecule has 0 spiro atoms. The minimum atomic E-state index is 0.470. The molecule has 0 saturated heterocycles. The second kappa shape index (κ2) is 5.85. The van der Waals surface area contributed by atoms with Gasteiger partial charge in [0.25, 0.3) is 0 Å². The lowest BCUT2D eigenvalue weighted by Crippen LogP contribution is -2.43. The smallest absolute Gasteiger partial charge is 0.184 e. The van der Waals surface area contributed by atoms with Gasteiger partial charge in [-0.05, 0) is 53.0 Å². The van der Waals surface area contributed by atoms with E-state index in [1.165, 1.54) is 4.70 Å². The molecule has 112 valence electrons. The van der Waals surface area contributed by atoms with E-state index in [-0.39, 0.29) is 0 Å². The van der Waals surface area contributed by atoms with E-state index >= 15 is 0 Å². The number of benzene rings is 1. The van der Waals surface area contributed by atoms with Crippen LogP contribution >= 0.6 is 27.3 Å².